The van der Waals surface area contributed by atoms with Crippen molar-refractivity contribution in [3.63, 3.8) is 0 Å². The van der Waals surface area contributed by atoms with E-state index < -0.39 is 13.7 Å². The highest BCUT2D eigenvalue weighted by molar-refractivity contribution is 9.10. The van der Waals surface area contributed by atoms with Gasteiger partial charge in [-0.15, -0.1) is 0 Å². The Kier molecular flexibility index (Phi) is 9.75. The fourth-order valence-electron chi connectivity index (χ4n) is 4.66. The highest BCUT2D eigenvalue weighted by atomic mass is 79.9. The Bertz CT molecular complexity index is 1150. The van der Waals surface area contributed by atoms with Crippen molar-refractivity contribution in [3.8, 4) is 11.3 Å². The SMILES string of the molecule is CC(C)(C)OC(=O)N1CC2CC1c1nc(-c3ccc(Br)cc3)c(n1COCC[Si](C)(C)C)COCC=CCO2. The maximum absolute atomic E-state index is 13.4. The maximum Gasteiger partial charge on any atom is 0.411 e. The Hall–Kier alpha value is -1.98. The lowest BCUT2D eigenvalue weighted by atomic mass is 10.1. The van der Waals surface area contributed by atoms with E-state index >= 15 is 0 Å². The number of nitrogens with zero attached hydrogens (tertiary/aromatic N) is 3. The molecule has 1 fully saturated rings. The fraction of sp³-hybridized carbons (Fsp3) is 0.586. The topological polar surface area (TPSA) is 75.1 Å². The Morgan fingerprint density at radius 2 is 1.87 bits per heavy atom. The summed E-state index contributed by atoms with van der Waals surface area (Å²) in [6.07, 6.45) is 4.07. The number of hydrogen-bond acceptors (Lipinski definition) is 6. The molecular formula is C29H42BrN3O5Si. The molecule has 10 heteroatoms. The molecule has 0 N–H and O–H groups in total. The van der Waals surface area contributed by atoms with Crippen molar-refractivity contribution in [1.82, 2.24) is 14.5 Å². The summed E-state index contributed by atoms with van der Waals surface area (Å²) >= 11 is 3.54. The summed E-state index contributed by atoms with van der Waals surface area (Å²) in [6, 6.07) is 8.86. The van der Waals surface area contributed by atoms with Gasteiger partial charge in [-0.05, 0) is 38.9 Å². The van der Waals surface area contributed by atoms with Crippen LogP contribution in [0.2, 0.25) is 25.7 Å². The summed E-state index contributed by atoms with van der Waals surface area (Å²) in [5.74, 6) is 0.767. The first kappa shape index (κ1) is 30.0. The molecule has 2 aromatic rings. The minimum absolute atomic E-state index is 0.133. The van der Waals surface area contributed by atoms with Crippen LogP contribution in [0.15, 0.2) is 40.9 Å². The summed E-state index contributed by atoms with van der Waals surface area (Å²) in [4.78, 5) is 20.4. The Morgan fingerprint density at radius 1 is 1.15 bits per heavy atom. The Labute approximate surface area is 241 Å². The van der Waals surface area contributed by atoms with Gasteiger partial charge in [0.15, 0.2) is 0 Å². The smallest absolute Gasteiger partial charge is 0.411 e. The average molecular weight is 621 g/mol. The summed E-state index contributed by atoms with van der Waals surface area (Å²) in [5, 5.41) is 0. The van der Waals surface area contributed by atoms with E-state index in [1.165, 1.54) is 0 Å². The van der Waals surface area contributed by atoms with Gasteiger partial charge in [-0.1, -0.05) is 59.9 Å². The normalized spacial score (nSPS) is 20.3. The molecule has 8 nitrogen and oxygen atoms in total. The van der Waals surface area contributed by atoms with E-state index in [9.17, 15) is 4.79 Å². The molecule has 0 aliphatic carbocycles. The predicted molar refractivity (Wildman–Crippen MR) is 158 cm³/mol. The number of fused-ring (bicyclic) bond motifs is 5. The maximum atomic E-state index is 13.4. The van der Waals surface area contributed by atoms with Crippen molar-refractivity contribution in [3.05, 3.63) is 52.4 Å². The van der Waals surface area contributed by atoms with Gasteiger partial charge in [0, 0.05) is 31.1 Å². The van der Waals surface area contributed by atoms with E-state index in [1.54, 1.807) is 4.90 Å². The third-order valence-electron chi connectivity index (χ3n) is 6.67. The number of halogens is 1. The van der Waals surface area contributed by atoms with Gasteiger partial charge in [0.1, 0.15) is 18.2 Å². The molecular weight excluding hydrogens is 578 g/mol. The zero-order valence-corrected chi connectivity index (χ0v) is 26.6. The van der Waals surface area contributed by atoms with Crippen molar-refractivity contribution < 1.29 is 23.7 Å². The van der Waals surface area contributed by atoms with Crippen LogP contribution >= 0.6 is 15.9 Å². The molecule has 0 saturated carbocycles. The van der Waals surface area contributed by atoms with Crippen LogP contribution in [0, 0.1) is 0 Å². The Balaban J connectivity index is 1.78. The molecule has 2 unspecified atom stereocenters. The van der Waals surface area contributed by atoms with Gasteiger partial charge in [0.2, 0.25) is 0 Å². The lowest BCUT2D eigenvalue weighted by molar-refractivity contribution is 0.0164. The van der Waals surface area contributed by atoms with Gasteiger partial charge in [-0.3, -0.25) is 4.90 Å². The van der Waals surface area contributed by atoms with Gasteiger partial charge >= 0.3 is 6.09 Å². The third kappa shape index (κ3) is 8.26. The number of imidazole rings is 1. The highest BCUT2D eigenvalue weighted by Crippen LogP contribution is 2.38. The van der Waals surface area contributed by atoms with E-state index in [2.05, 4.69) is 40.1 Å². The van der Waals surface area contributed by atoms with Crippen molar-refractivity contribution in [2.45, 2.75) is 84.0 Å². The first-order valence-corrected chi connectivity index (χ1v) is 18.2. The van der Waals surface area contributed by atoms with Crippen LogP contribution in [-0.2, 0) is 32.3 Å². The molecule has 4 rings (SSSR count). The second kappa shape index (κ2) is 12.7. The highest BCUT2D eigenvalue weighted by Gasteiger charge is 2.42. The molecule has 2 atom stereocenters. The van der Waals surface area contributed by atoms with Crippen LogP contribution in [0.1, 0.15) is 44.8 Å². The number of amides is 1. The standard InChI is InChI=1S/C29H42BrN3O5Si/c1-29(2,3)38-28(34)32-18-23-17-24(32)27-31-26(21-9-11-22(30)12-10-21)25(19-35-13-7-8-14-37-23)33(27)20-36-15-16-39(4,5)6/h7-12,23-24H,13-20H2,1-6H3. The van der Waals surface area contributed by atoms with E-state index in [1.807, 2.05) is 57.2 Å². The minimum atomic E-state index is -1.26. The second-order valence-electron chi connectivity index (χ2n) is 12.4. The van der Waals surface area contributed by atoms with E-state index in [0.29, 0.717) is 46.1 Å². The summed E-state index contributed by atoms with van der Waals surface area (Å²) in [7, 11) is -1.26. The number of benzene rings is 1. The number of rotatable bonds is 6. The first-order chi connectivity index (χ1) is 18.4. The molecule has 1 saturated heterocycles. The zero-order chi connectivity index (χ0) is 28.2. The van der Waals surface area contributed by atoms with E-state index in [4.69, 9.17) is 23.9 Å². The second-order valence-corrected chi connectivity index (χ2v) is 18.9. The van der Waals surface area contributed by atoms with Crippen LogP contribution < -0.4 is 0 Å². The van der Waals surface area contributed by atoms with Crippen molar-refractivity contribution in [2.24, 2.45) is 0 Å². The molecule has 0 radical (unpaired) electrons. The largest absolute Gasteiger partial charge is 0.444 e. The minimum Gasteiger partial charge on any atom is -0.444 e. The summed E-state index contributed by atoms with van der Waals surface area (Å²) in [5.41, 5.74) is 2.14. The van der Waals surface area contributed by atoms with E-state index in [0.717, 1.165) is 33.3 Å². The quantitative estimate of drug-likeness (QED) is 0.202. The van der Waals surface area contributed by atoms with Gasteiger partial charge in [-0.2, -0.15) is 0 Å². The number of carbonyl (C=O) groups is 1. The monoisotopic (exact) mass is 619 g/mol. The molecule has 0 spiro atoms. The van der Waals surface area contributed by atoms with Crippen molar-refractivity contribution in [2.75, 3.05) is 26.4 Å². The number of aromatic nitrogens is 2. The number of ether oxygens (including phenoxy) is 4. The molecule has 4 bridgehead atoms. The van der Waals surface area contributed by atoms with Crippen LogP contribution in [0.4, 0.5) is 4.79 Å². The van der Waals surface area contributed by atoms with Crippen molar-refractivity contribution >= 4 is 30.1 Å². The number of carbonyl (C=O) groups excluding carboxylic acids is 1. The van der Waals surface area contributed by atoms with Gasteiger partial charge < -0.3 is 23.5 Å². The number of hydrogen-bond donors (Lipinski definition) is 0. The zero-order valence-electron chi connectivity index (χ0n) is 24.0. The van der Waals surface area contributed by atoms with Crippen molar-refractivity contribution in [1.29, 1.82) is 0 Å². The third-order valence-corrected chi connectivity index (χ3v) is 8.91. The predicted octanol–water partition coefficient (Wildman–Crippen LogP) is 6.78. The van der Waals surface area contributed by atoms with Gasteiger partial charge in [0.25, 0.3) is 0 Å². The molecule has 2 aliphatic rings. The summed E-state index contributed by atoms with van der Waals surface area (Å²) < 4.78 is 27.4. The van der Waals surface area contributed by atoms with Crippen LogP contribution in [0.5, 0.6) is 0 Å². The summed E-state index contributed by atoms with van der Waals surface area (Å²) in [6.45, 7) is 15.4. The molecule has 2 aliphatic heterocycles. The van der Waals surface area contributed by atoms with Crippen LogP contribution in [0.3, 0.4) is 0 Å². The van der Waals surface area contributed by atoms with Gasteiger partial charge in [0.05, 0.1) is 49.9 Å². The average Bonchev–Trinajstić information content (AvgIpc) is 3.41. The molecule has 1 aromatic heterocycles. The molecule has 214 valence electrons. The number of likely N-dealkylation sites (tertiary alicyclic amines) is 1. The molecule has 39 heavy (non-hydrogen) atoms. The fourth-order valence-corrected chi connectivity index (χ4v) is 5.68. The molecule has 1 aromatic carbocycles. The first-order valence-electron chi connectivity index (χ1n) is 13.7. The van der Waals surface area contributed by atoms with Gasteiger partial charge in [-0.25, -0.2) is 9.78 Å². The lowest BCUT2D eigenvalue weighted by Crippen LogP contribution is -2.38. The Morgan fingerprint density at radius 3 is 2.56 bits per heavy atom. The molecule has 3 heterocycles. The van der Waals surface area contributed by atoms with Crippen LogP contribution in [-0.4, -0.2) is 66.7 Å². The molecule has 1 amide bonds. The van der Waals surface area contributed by atoms with E-state index in [-0.39, 0.29) is 18.2 Å². The van der Waals surface area contributed by atoms with Crippen LogP contribution in [0.25, 0.3) is 11.3 Å². The lowest BCUT2D eigenvalue weighted by Gasteiger charge is -2.28.